The summed E-state index contributed by atoms with van der Waals surface area (Å²) in [5.41, 5.74) is 4.59. The molecule has 1 atom stereocenters. The molecule has 4 rings (SSSR count). The molecular formula is C30H31ClFNO2. The molecule has 3 aromatic rings. The topological polar surface area (TPSA) is 43.7 Å². The van der Waals surface area contributed by atoms with E-state index in [4.69, 9.17) is 11.6 Å². The highest BCUT2D eigenvalue weighted by Gasteiger charge is 2.29. The Bertz CT molecular complexity index is 1230. The lowest BCUT2D eigenvalue weighted by Crippen LogP contribution is -2.34. The highest BCUT2D eigenvalue weighted by atomic mass is 35.5. The van der Waals surface area contributed by atoms with Gasteiger partial charge in [-0.1, -0.05) is 42.3 Å². The Morgan fingerprint density at radius 3 is 2.26 bits per heavy atom. The van der Waals surface area contributed by atoms with Crippen molar-refractivity contribution < 1.29 is 14.6 Å². The predicted octanol–water partition coefficient (Wildman–Crippen LogP) is 7.59. The van der Waals surface area contributed by atoms with Crippen LogP contribution in [0.15, 0.2) is 73.8 Å². The van der Waals surface area contributed by atoms with Gasteiger partial charge in [-0.15, -0.1) is 13.2 Å². The molecule has 1 fully saturated rings. The zero-order valence-corrected chi connectivity index (χ0v) is 20.6. The van der Waals surface area contributed by atoms with Crippen molar-refractivity contribution in [3.63, 3.8) is 0 Å². The largest absolute Gasteiger partial charge is 0.507 e. The molecule has 1 aliphatic rings. The van der Waals surface area contributed by atoms with Crippen LogP contribution in [0.25, 0.3) is 11.1 Å². The molecule has 1 aliphatic heterocycles. The number of piperidine rings is 1. The first-order chi connectivity index (χ1) is 16.9. The fourth-order valence-corrected chi connectivity index (χ4v) is 5.14. The summed E-state index contributed by atoms with van der Waals surface area (Å²) in [5.74, 6) is -0.281. The third-order valence-corrected chi connectivity index (χ3v) is 6.91. The van der Waals surface area contributed by atoms with E-state index in [9.17, 15) is 14.6 Å². The van der Waals surface area contributed by atoms with Crippen LogP contribution in [0.4, 0.5) is 4.39 Å². The van der Waals surface area contributed by atoms with Crippen molar-refractivity contribution in [2.24, 2.45) is 0 Å². The smallest absolute Gasteiger partial charge is 0.141 e. The van der Waals surface area contributed by atoms with E-state index in [2.05, 4.69) is 18.1 Å². The van der Waals surface area contributed by atoms with Gasteiger partial charge >= 0.3 is 0 Å². The summed E-state index contributed by atoms with van der Waals surface area (Å²) in [7, 11) is 0. The second kappa shape index (κ2) is 11.1. The van der Waals surface area contributed by atoms with E-state index < -0.39 is 5.82 Å². The van der Waals surface area contributed by atoms with Gasteiger partial charge in [0.25, 0.3) is 0 Å². The van der Waals surface area contributed by atoms with Crippen LogP contribution in [0.5, 0.6) is 11.5 Å². The normalized spacial score (nSPS) is 15.0. The maximum Gasteiger partial charge on any atom is 0.141 e. The first kappa shape index (κ1) is 25.0. The lowest BCUT2D eigenvalue weighted by atomic mass is 9.88. The van der Waals surface area contributed by atoms with Crippen LogP contribution in [0.1, 0.15) is 47.6 Å². The highest BCUT2D eigenvalue weighted by Crippen LogP contribution is 2.44. The molecule has 182 valence electrons. The molecule has 0 aromatic heterocycles. The molecule has 2 N–H and O–H groups in total. The Balaban J connectivity index is 1.94. The van der Waals surface area contributed by atoms with E-state index >= 15 is 0 Å². The molecule has 1 saturated heterocycles. The Kier molecular flexibility index (Phi) is 7.94. The van der Waals surface area contributed by atoms with Crippen molar-refractivity contribution in [2.75, 3.05) is 13.1 Å². The summed E-state index contributed by atoms with van der Waals surface area (Å²) in [6.45, 7) is 9.42. The van der Waals surface area contributed by atoms with Crippen molar-refractivity contribution >= 4 is 11.6 Å². The van der Waals surface area contributed by atoms with Crippen molar-refractivity contribution in [2.45, 2.75) is 38.1 Å². The number of aromatic hydroxyl groups is 2. The quantitative estimate of drug-likeness (QED) is 0.319. The van der Waals surface area contributed by atoms with Crippen molar-refractivity contribution in [1.29, 1.82) is 0 Å². The molecule has 0 amide bonds. The van der Waals surface area contributed by atoms with Crippen LogP contribution in [0.2, 0.25) is 5.02 Å². The third-order valence-electron chi connectivity index (χ3n) is 6.62. The van der Waals surface area contributed by atoms with Crippen LogP contribution < -0.4 is 0 Å². The molecule has 0 spiro atoms. The summed E-state index contributed by atoms with van der Waals surface area (Å²) in [4.78, 5) is 2.32. The number of hydrogen-bond acceptors (Lipinski definition) is 3. The molecule has 0 bridgehead atoms. The average Bonchev–Trinajstić information content (AvgIpc) is 2.85. The number of likely N-dealkylation sites (tertiary alicyclic amines) is 1. The fourth-order valence-electron chi connectivity index (χ4n) is 4.96. The van der Waals surface area contributed by atoms with Gasteiger partial charge in [0.05, 0.1) is 11.1 Å². The molecule has 1 heterocycles. The van der Waals surface area contributed by atoms with Gasteiger partial charge in [-0.25, -0.2) is 4.39 Å². The SMILES string of the molecule is C=CCc1ccc(O)c(-c2cc(CC=C)cc(C(c3ccc(F)c(Cl)c3)N3CCCCC3)c2O)c1. The molecule has 3 nitrogen and oxygen atoms in total. The average molecular weight is 492 g/mol. The number of phenols is 2. The first-order valence-electron chi connectivity index (χ1n) is 12.0. The zero-order valence-electron chi connectivity index (χ0n) is 19.8. The van der Waals surface area contributed by atoms with E-state index in [0.717, 1.165) is 49.0 Å². The van der Waals surface area contributed by atoms with Gasteiger partial charge in [-0.3, -0.25) is 4.90 Å². The number of halogens is 2. The van der Waals surface area contributed by atoms with E-state index in [0.29, 0.717) is 29.5 Å². The first-order valence-corrected chi connectivity index (χ1v) is 12.4. The molecule has 5 heteroatoms. The monoisotopic (exact) mass is 491 g/mol. The summed E-state index contributed by atoms with van der Waals surface area (Å²) in [6.07, 6.45) is 8.14. The Hall–Kier alpha value is -3.08. The number of allylic oxidation sites excluding steroid dienone is 2. The second-order valence-electron chi connectivity index (χ2n) is 9.09. The van der Waals surface area contributed by atoms with Crippen LogP contribution in [-0.2, 0) is 12.8 Å². The number of nitrogens with zero attached hydrogens (tertiary/aromatic N) is 1. The molecular weight excluding hydrogens is 461 g/mol. The lowest BCUT2D eigenvalue weighted by Gasteiger charge is -2.36. The Morgan fingerprint density at radius 2 is 1.57 bits per heavy atom. The standard InChI is InChI=1S/C30H31ClFNO2/c1-3-8-20-10-13-28(34)23(16-20)24-17-21(9-4-2)18-25(30(24)35)29(33-14-6-5-7-15-33)22-11-12-27(32)26(31)19-22/h3-4,10-13,16-19,29,34-35H,1-2,5-9,14-15H2. The van der Waals surface area contributed by atoms with Crippen LogP contribution in [0, 0.1) is 5.82 Å². The maximum atomic E-state index is 14.0. The molecule has 0 aliphatic carbocycles. The third kappa shape index (κ3) is 5.44. The summed E-state index contributed by atoms with van der Waals surface area (Å²) >= 11 is 6.19. The minimum absolute atomic E-state index is 0.0567. The minimum atomic E-state index is -0.470. The Morgan fingerprint density at radius 1 is 0.886 bits per heavy atom. The van der Waals surface area contributed by atoms with Gasteiger partial charge < -0.3 is 10.2 Å². The van der Waals surface area contributed by atoms with Crippen LogP contribution in [-0.4, -0.2) is 28.2 Å². The van der Waals surface area contributed by atoms with Gasteiger partial charge in [0, 0.05) is 16.7 Å². The summed E-state index contributed by atoms with van der Waals surface area (Å²) in [5, 5.41) is 22.5. The number of rotatable bonds is 8. The second-order valence-corrected chi connectivity index (χ2v) is 9.50. The van der Waals surface area contributed by atoms with Crippen LogP contribution >= 0.6 is 11.6 Å². The Labute approximate surface area is 211 Å². The van der Waals surface area contributed by atoms with E-state index in [1.54, 1.807) is 24.3 Å². The number of hydrogen-bond donors (Lipinski definition) is 2. The summed E-state index contributed by atoms with van der Waals surface area (Å²) < 4.78 is 14.0. The fraction of sp³-hybridized carbons (Fsp3) is 0.267. The van der Waals surface area contributed by atoms with Crippen molar-refractivity contribution in [1.82, 2.24) is 4.90 Å². The van der Waals surface area contributed by atoms with Gasteiger partial charge in [0.15, 0.2) is 0 Å². The van der Waals surface area contributed by atoms with E-state index in [-0.39, 0.29) is 22.6 Å². The molecule has 1 unspecified atom stereocenters. The highest BCUT2D eigenvalue weighted by molar-refractivity contribution is 6.30. The predicted molar refractivity (Wildman–Crippen MR) is 142 cm³/mol. The van der Waals surface area contributed by atoms with E-state index in [1.165, 1.54) is 6.07 Å². The van der Waals surface area contributed by atoms with Gasteiger partial charge in [0.2, 0.25) is 0 Å². The van der Waals surface area contributed by atoms with Gasteiger partial charge in [-0.05, 0) is 91.9 Å². The number of benzene rings is 3. The van der Waals surface area contributed by atoms with Crippen LogP contribution in [0.3, 0.4) is 0 Å². The van der Waals surface area contributed by atoms with E-state index in [1.807, 2.05) is 30.3 Å². The molecule has 0 radical (unpaired) electrons. The molecule has 35 heavy (non-hydrogen) atoms. The minimum Gasteiger partial charge on any atom is -0.507 e. The maximum absolute atomic E-state index is 14.0. The van der Waals surface area contributed by atoms with Gasteiger partial charge in [0.1, 0.15) is 17.3 Å². The zero-order chi connectivity index (χ0) is 24.9. The molecule has 0 saturated carbocycles. The van der Waals surface area contributed by atoms with Crippen molar-refractivity contribution in [3.05, 3.63) is 107 Å². The van der Waals surface area contributed by atoms with Crippen molar-refractivity contribution in [3.8, 4) is 22.6 Å². The summed E-state index contributed by atoms with van der Waals surface area (Å²) in [6, 6.07) is 13.7. The number of phenolic OH excluding ortho intramolecular Hbond substituents is 2. The van der Waals surface area contributed by atoms with Gasteiger partial charge in [-0.2, -0.15) is 0 Å². The molecule has 3 aromatic carbocycles. The lowest BCUT2D eigenvalue weighted by molar-refractivity contribution is 0.185.